The molecule has 0 rings (SSSR count). The molecule has 0 aromatic heterocycles. The molecule has 0 aliphatic heterocycles. The van der Waals surface area contributed by atoms with Crippen molar-refractivity contribution in [3.05, 3.63) is 0 Å². The van der Waals surface area contributed by atoms with Gasteiger partial charge in [0.05, 0.1) is 0 Å². The van der Waals surface area contributed by atoms with Crippen molar-refractivity contribution < 1.29 is 4.52 Å². The van der Waals surface area contributed by atoms with Crippen LogP contribution in [0.15, 0.2) is 0 Å². The molecule has 0 amide bonds. The average molecular weight is 423 g/mol. The summed E-state index contributed by atoms with van der Waals surface area (Å²) in [6.07, 6.45) is 0.551. The Labute approximate surface area is 136 Å². The van der Waals surface area contributed by atoms with E-state index in [-0.39, 0.29) is 5.27 Å². The van der Waals surface area contributed by atoms with E-state index in [2.05, 4.69) is 61.5 Å². The van der Waals surface area contributed by atoms with Gasteiger partial charge < -0.3 is 0 Å². The minimum absolute atomic E-state index is 0.216. The third kappa shape index (κ3) is 6.84. The Morgan fingerprint density at radius 1 is 0.850 bits per heavy atom. The van der Waals surface area contributed by atoms with Gasteiger partial charge in [-0.1, -0.05) is 0 Å². The van der Waals surface area contributed by atoms with Gasteiger partial charge in [-0.3, -0.25) is 0 Å². The molecule has 0 spiro atoms. The molecule has 0 heterocycles. The monoisotopic (exact) mass is 423 g/mol. The first kappa shape index (κ1) is 21.0. The number of nitriles is 1. The van der Waals surface area contributed by atoms with Crippen LogP contribution in [0.5, 0.6) is 0 Å². The van der Waals surface area contributed by atoms with Gasteiger partial charge in [-0.25, -0.2) is 0 Å². The van der Waals surface area contributed by atoms with Gasteiger partial charge in [0.25, 0.3) is 0 Å². The van der Waals surface area contributed by atoms with Crippen LogP contribution in [0.4, 0.5) is 0 Å². The van der Waals surface area contributed by atoms with Crippen molar-refractivity contribution >= 4 is 33.7 Å². The zero-order chi connectivity index (χ0) is 15.9. The third-order valence-corrected chi connectivity index (χ3v) is 42.6. The molecule has 118 valence electrons. The fourth-order valence-corrected chi connectivity index (χ4v) is 58.7. The summed E-state index contributed by atoms with van der Waals surface area (Å²) >= 11 is -1.98. The molecule has 0 unspecified atom stereocenters. The molecule has 0 radical (unpaired) electrons. The van der Waals surface area contributed by atoms with E-state index >= 15 is 0 Å². The summed E-state index contributed by atoms with van der Waals surface area (Å²) < 4.78 is 9.66. The molecule has 0 N–H and O–H groups in total. The molecule has 0 saturated carbocycles. The standard InChI is InChI=1S/C15H32As2NOP/c1-12(2)16(13(3)4)20(19-11-9-10-18)17(14(5)6)15(7)8/h12-15H,9,11H2,1-8H3. The van der Waals surface area contributed by atoms with Crippen molar-refractivity contribution in [1.29, 1.82) is 5.26 Å². The molecule has 20 heavy (non-hydrogen) atoms. The molecule has 0 atom stereocenters. The van der Waals surface area contributed by atoms with E-state index in [1.165, 1.54) is 0 Å². The van der Waals surface area contributed by atoms with Gasteiger partial charge in [-0.05, 0) is 0 Å². The molecule has 0 aliphatic carbocycles. The van der Waals surface area contributed by atoms with Crippen molar-refractivity contribution in [2.75, 3.05) is 6.61 Å². The van der Waals surface area contributed by atoms with Crippen LogP contribution < -0.4 is 0 Å². The molecule has 0 saturated heterocycles. The Morgan fingerprint density at radius 2 is 1.20 bits per heavy atom. The molecule has 0 aliphatic rings. The Balaban J connectivity index is 5.26. The van der Waals surface area contributed by atoms with Gasteiger partial charge in [-0.15, -0.1) is 0 Å². The van der Waals surface area contributed by atoms with Gasteiger partial charge in [0.1, 0.15) is 0 Å². The zero-order valence-corrected chi connectivity index (χ0v) is 19.1. The normalized spacial score (nSPS) is 12.7. The second kappa shape index (κ2) is 10.7. The van der Waals surface area contributed by atoms with Gasteiger partial charge in [0.2, 0.25) is 0 Å². The van der Waals surface area contributed by atoms with Gasteiger partial charge in [0, 0.05) is 0 Å². The Kier molecular flexibility index (Phi) is 11.2. The molecule has 0 aromatic rings. The van der Waals surface area contributed by atoms with Crippen LogP contribution in [0.25, 0.3) is 0 Å². The maximum atomic E-state index is 8.79. The van der Waals surface area contributed by atoms with Crippen molar-refractivity contribution in [1.82, 2.24) is 0 Å². The van der Waals surface area contributed by atoms with E-state index in [0.29, 0.717) is 13.0 Å². The zero-order valence-electron chi connectivity index (χ0n) is 14.4. The second-order valence-corrected chi connectivity index (χ2v) is 32.6. The molecule has 0 aromatic carbocycles. The van der Waals surface area contributed by atoms with Crippen molar-refractivity contribution in [2.45, 2.75) is 80.6 Å². The SMILES string of the molecule is CC(C)[As](C(C)C)P(OCCC#N)[As](C(C)C)C(C)C. The Bertz CT molecular complexity index is 267. The second-order valence-electron chi connectivity index (χ2n) is 6.13. The quantitative estimate of drug-likeness (QED) is 0.261. The first-order chi connectivity index (χ1) is 9.23. The predicted octanol–water partition coefficient (Wildman–Crippen LogP) is 5.94. The fraction of sp³-hybridized carbons (Fsp3) is 0.933. The van der Waals surface area contributed by atoms with Crippen LogP contribution in [0.3, 0.4) is 0 Å². The van der Waals surface area contributed by atoms with E-state index in [4.69, 9.17) is 9.79 Å². The molecule has 0 bridgehead atoms. The van der Waals surface area contributed by atoms with Crippen LogP contribution in [0, 0.1) is 11.3 Å². The van der Waals surface area contributed by atoms with Gasteiger partial charge in [-0.2, -0.15) is 0 Å². The maximum absolute atomic E-state index is 8.79. The van der Waals surface area contributed by atoms with Crippen LogP contribution in [-0.2, 0) is 4.52 Å². The van der Waals surface area contributed by atoms with E-state index in [0.717, 1.165) is 18.8 Å². The number of rotatable bonds is 9. The van der Waals surface area contributed by atoms with Gasteiger partial charge >= 0.3 is 137 Å². The van der Waals surface area contributed by atoms with Crippen molar-refractivity contribution in [3.63, 3.8) is 0 Å². The molecule has 2 nitrogen and oxygen atoms in total. The summed E-state index contributed by atoms with van der Waals surface area (Å²) in [5.41, 5.74) is 0. The van der Waals surface area contributed by atoms with E-state index < -0.39 is 28.4 Å². The van der Waals surface area contributed by atoms with Gasteiger partial charge in [0.15, 0.2) is 0 Å². The summed E-state index contributed by atoms with van der Waals surface area (Å²) in [6.45, 7) is 19.9. The van der Waals surface area contributed by atoms with E-state index in [1.807, 2.05) is 0 Å². The van der Waals surface area contributed by atoms with Crippen LogP contribution in [-0.4, -0.2) is 35.0 Å². The first-order valence-corrected chi connectivity index (χ1v) is 18.1. The summed E-state index contributed by atoms with van der Waals surface area (Å²) in [6, 6.07) is 2.24. The molecular weight excluding hydrogens is 391 g/mol. The summed E-state index contributed by atoms with van der Waals surface area (Å²) in [5, 5.41) is 8.58. The van der Waals surface area contributed by atoms with Crippen LogP contribution >= 0.6 is 5.27 Å². The topological polar surface area (TPSA) is 33.0 Å². The van der Waals surface area contributed by atoms with Crippen LogP contribution in [0.1, 0.15) is 61.8 Å². The van der Waals surface area contributed by atoms with E-state index in [9.17, 15) is 0 Å². The molecular formula is C15H32As2NOP. The van der Waals surface area contributed by atoms with E-state index in [1.54, 1.807) is 0 Å². The predicted molar refractivity (Wildman–Crippen MR) is 95.0 cm³/mol. The Morgan fingerprint density at radius 3 is 1.45 bits per heavy atom. The number of nitrogens with zero attached hydrogens (tertiary/aromatic N) is 1. The summed E-state index contributed by atoms with van der Waals surface area (Å²) in [4.78, 5) is 0. The first-order valence-electron chi connectivity index (χ1n) is 7.60. The molecule has 5 heteroatoms. The fourth-order valence-electron chi connectivity index (χ4n) is 2.41. The minimum atomic E-state index is -0.989. The Hall–Kier alpha value is 0.997. The summed E-state index contributed by atoms with van der Waals surface area (Å²) in [5.74, 6) is 0. The number of hydrogen-bond acceptors (Lipinski definition) is 2. The molecule has 0 fully saturated rings. The third-order valence-electron chi connectivity index (χ3n) is 2.93. The van der Waals surface area contributed by atoms with Crippen molar-refractivity contribution in [3.8, 4) is 6.07 Å². The summed E-state index contributed by atoms with van der Waals surface area (Å²) in [7, 11) is 0. The average Bonchev–Trinajstić information content (AvgIpc) is 2.26. The number of hydrogen-bond donors (Lipinski definition) is 0. The van der Waals surface area contributed by atoms with Crippen LogP contribution in [0.2, 0.25) is 18.8 Å². The van der Waals surface area contributed by atoms with Crippen molar-refractivity contribution in [2.24, 2.45) is 0 Å².